The molecule has 0 aliphatic heterocycles. The third-order valence-corrected chi connectivity index (χ3v) is 2.42. The zero-order valence-corrected chi connectivity index (χ0v) is 13.2. The molecule has 0 aliphatic carbocycles. The lowest BCUT2D eigenvalue weighted by Crippen LogP contribution is -2.07. The number of hydrogen-bond donors (Lipinski definition) is 2. The standard InChI is InChI=1S/C13H12ClF3N2.CH4S/c1-3-8-18-12(14)9(2)19-11-6-4-10(5-7-11)13(15,16)17;1-2/h3-8,19H,2H2,1H3;2H,1H3/b8-3-,18-12?;. The van der Waals surface area contributed by atoms with E-state index in [0.29, 0.717) is 11.4 Å². The maximum absolute atomic E-state index is 12.4. The molecular weight excluding hydrogens is 321 g/mol. The molecular formula is C14H16ClF3N2S. The van der Waals surface area contributed by atoms with Crippen LogP contribution in [0.2, 0.25) is 0 Å². The van der Waals surface area contributed by atoms with Gasteiger partial charge in [0, 0.05) is 11.9 Å². The predicted octanol–water partition coefficient (Wildman–Crippen LogP) is 5.35. The molecule has 0 aromatic heterocycles. The molecule has 0 radical (unpaired) electrons. The summed E-state index contributed by atoms with van der Waals surface area (Å²) in [5.74, 6) is 0. The summed E-state index contributed by atoms with van der Waals surface area (Å²) in [7, 11) is 0. The van der Waals surface area contributed by atoms with E-state index >= 15 is 0 Å². The van der Waals surface area contributed by atoms with Gasteiger partial charge < -0.3 is 5.32 Å². The number of halogens is 4. The Morgan fingerprint density at radius 2 is 1.81 bits per heavy atom. The Kier molecular flexibility index (Phi) is 8.89. The van der Waals surface area contributed by atoms with Gasteiger partial charge in [0.2, 0.25) is 0 Å². The number of benzene rings is 1. The van der Waals surface area contributed by atoms with Crippen molar-refractivity contribution in [2.24, 2.45) is 4.99 Å². The van der Waals surface area contributed by atoms with Gasteiger partial charge in [0.15, 0.2) is 5.17 Å². The van der Waals surface area contributed by atoms with Crippen molar-refractivity contribution in [2.45, 2.75) is 13.1 Å². The number of allylic oxidation sites excluding steroid dienone is 2. The molecule has 1 N–H and O–H groups in total. The average molecular weight is 337 g/mol. The first kappa shape index (κ1) is 19.6. The van der Waals surface area contributed by atoms with Gasteiger partial charge in [-0.05, 0) is 37.4 Å². The molecule has 1 rings (SSSR count). The molecule has 0 unspecified atom stereocenters. The van der Waals surface area contributed by atoms with E-state index in [1.54, 1.807) is 19.3 Å². The number of aliphatic imine (C=N–C) groups is 1. The number of hydrogen-bond acceptors (Lipinski definition) is 3. The van der Waals surface area contributed by atoms with Gasteiger partial charge in [0.25, 0.3) is 0 Å². The monoisotopic (exact) mass is 336 g/mol. The number of rotatable bonds is 4. The summed E-state index contributed by atoms with van der Waals surface area (Å²) >= 11 is 9.35. The fourth-order valence-corrected chi connectivity index (χ4v) is 1.29. The number of anilines is 1. The Morgan fingerprint density at radius 1 is 1.29 bits per heavy atom. The first-order valence-electron chi connectivity index (χ1n) is 5.77. The summed E-state index contributed by atoms with van der Waals surface area (Å²) < 4.78 is 37.1. The normalized spacial score (nSPS) is 11.9. The Bertz CT molecular complexity index is 508. The SMILES string of the molecule is C=C(Nc1ccc(C(F)(F)F)cc1)C(Cl)=N/C=C\C.CS. The van der Waals surface area contributed by atoms with Crippen LogP contribution in [0.25, 0.3) is 0 Å². The van der Waals surface area contributed by atoms with E-state index in [1.807, 2.05) is 0 Å². The molecule has 116 valence electrons. The molecule has 0 atom stereocenters. The Morgan fingerprint density at radius 3 is 2.24 bits per heavy atom. The van der Waals surface area contributed by atoms with Gasteiger partial charge in [0.1, 0.15) is 0 Å². The molecule has 1 aromatic rings. The van der Waals surface area contributed by atoms with Crippen LogP contribution in [0.1, 0.15) is 12.5 Å². The zero-order valence-electron chi connectivity index (χ0n) is 11.6. The highest BCUT2D eigenvalue weighted by Gasteiger charge is 2.29. The molecule has 0 heterocycles. The topological polar surface area (TPSA) is 24.4 Å². The van der Waals surface area contributed by atoms with Gasteiger partial charge in [-0.25, -0.2) is 4.99 Å². The molecule has 7 heteroatoms. The van der Waals surface area contributed by atoms with Crippen LogP contribution < -0.4 is 5.32 Å². The Balaban J connectivity index is 0.00000191. The molecule has 0 fully saturated rings. The summed E-state index contributed by atoms with van der Waals surface area (Å²) in [4.78, 5) is 3.86. The van der Waals surface area contributed by atoms with Crippen LogP contribution in [0, 0.1) is 0 Å². The molecule has 0 bridgehead atoms. The quantitative estimate of drug-likeness (QED) is 0.562. The molecule has 2 nitrogen and oxygen atoms in total. The molecule has 0 saturated heterocycles. The van der Waals surface area contributed by atoms with Crippen molar-refractivity contribution in [1.82, 2.24) is 0 Å². The van der Waals surface area contributed by atoms with Crippen LogP contribution in [-0.2, 0) is 6.18 Å². The van der Waals surface area contributed by atoms with Crippen LogP contribution in [0.3, 0.4) is 0 Å². The minimum Gasteiger partial charge on any atom is -0.354 e. The minimum atomic E-state index is -4.35. The predicted molar refractivity (Wildman–Crippen MR) is 87.2 cm³/mol. The second-order valence-corrected chi connectivity index (χ2v) is 3.94. The van der Waals surface area contributed by atoms with Gasteiger partial charge in [-0.15, -0.1) is 0 Å². The third kappa shape index (κ3) is 7.24. The van der Waals surface area contributed by atoms with E-state index < -0.39 is 11.7 Å². The van der Waals surface area contributed by atoms with Crippen molar-refractivity contribution < 1.29 is 13.2 Å². The van der Waals surface area contributed by atoms with Gasteiger partial charge in [0.05, 0.1) is 11.3 Å². The fourth-order valence-electron chi connectivity index (χ4n) is 1.19. The maximum Gasteiger partial charge on any atom is 0.416 e. The molecule has 0 amide bonds. The highest BCUT2D eigenvalue weighted by molar-refractivity contribution is 7.79. The first-order valence-corrected chi connectivity index (χ1v) is 7.04. The van der Waals surface area contributed by atoms with E-state index in [2.05, 4.69) is 29.5 Å². The van der Waals surface area contributed by atoms with Crippen molar-refractivity contribution in [1.29, 1.82) is 0 Å². The van der Waals surface area contributed by atoms with Gasteiger partial charge in [-0.3, -0.25) is 0 Å². The highest BCUT2D eigenvalue weighted by atomic mass is 35.5. The lowest BCUT2D eigenvalue weighted by atomic mass is 10.2. The summed E-state index contributed by atoms with van der Waals surface area (Å²) in [6.07, 6.45) is 0.524. The third-order valence-electron chi connectivity index (χ3n) is 2.09. The fraction of sp³-hybridized carbons (Fsp3) is 0.214. The van der Waals surface area contributed by atoms with Gasteiger partial charge in [-0.1, -0.05) is 24.3 Å². The summed E-state index contributed by atoms with van der Waals surface area (Å²) in [6.45, 7) is 5.42. The van der Waals surface area contributed by atoms with E-state index in [1.165, 1.54) is 18.3 Å². The van der Waals surface area contributed by atoms with Gasteiger partial charge >= 0.3 is 6.18 Å². The van der Waals surface area contributed by atoms with Crippen molar-refractivity contribution in [3.63, 3.8) is 0 Å². The first-order chi connectivity index (χ1) is 9.84. The van der Waals surface area contributed by atoms with E-state index in [9.17, 15) is 13.2 Å². The molecule has 0 spiro atoms. The average Bonchev–Trinajstić information content (AvgIpc) is 2.46. The largest absolute Gasteiger partial charge is 0.416 e. The number of nitrogens with one attached hydrogen (secondary N) is 1. The lowest BCUT2D eigenvalue weighted by Gasteiger charge is -2.10. The van der Waals surface area contributed by atoms with E-state index in [-0.39, 0.29) is 5.17 Å². The number of thiol groups is 1. The van der Waals surface area contributed by atoms with Crippen LogP contribution in [0.4, 0.5) is 18.9 Å². The molecule has 0 saturated carbocycles. The van der Waals surface area contributed by atoms with Crippen LogP contribution in [0.15, 0.2) is 53.8 Å². The summed E-state index contributed by atoms with van der Waals surface area (Å²) in [5.41, 5.74) is 0.0451. The van der Waals surface area contributed by atoms with E-state index in [0.717, 1.165) is 12.1 Å². The van der Waals surface area contributed by atoms with Crippen LogP contribution in [-0.4, -0.2) is 11.4 Å². The highest BCUT2D eigenvalue weighted by Crippen LogP contribution is 2.30. The van der Waals surface area contributed by atoms with Crippen molar-refractivity contribution >= 4 is 35.1 Å². The summed E-state index contributed by atoms with van der Waals surface area (Å²) in [6, 6.07) is 4.56. The van der Waals surface area contributed by atoms with Crippen LogP contribution in [0.5, 0.6) is 0 Å². The molecule has 1 aromatic carbocycles. The van der Waals surface area contributed by atoms with Crippen molar-refractivity contribution in [3.05, 3.63) is 54.4 Å². The zero-order chi connectivity index (χ0) is 16.5. The van der Waals surface area contributed by atoms with Crippen molar-refractivity contribution in [3.8, 4) is 0 Å². The van der Waals surface area contributed by atoms with Crippen molar-refractivity contribution in [2.75, 3.05) is 11.6 Å². The van der Waals surface area contributed by atoms with Crippen LogP contribution >= 0.6 is 24.2 Å². The molecule has 0 aliphatic rings. The smallest absolute Gasteiger partial charge is 0.354 e. The van der Waals surface area contributed by atoms with E-state index in [4.69, 9.17) is 11.6 Å². The Hall–Kier alpha value is -1.40. The minimum absolute atomic E-state index is 0.137. The second kappa shape index (κ2) is 9.52. The second-order valence-electron chi connectivity index (χ2n) is 3.58. The lowest BCUT2D eigenvalue weighted by molar-refractivity contribution is -0.137. The Labute approximate surface area is 132 Å². The van der Waals surface area contributed by atoms with Gasteiger partial charge in [-0.2, -0.15) is 25.8 Å². The maximum atomic E-state index is 12.4. The summed E-state index contributed by atoms with van der Waals surface area (Å²) in [5, 5.41) is 2.91. The number of alkyl halides is 3. The number of nitrogens with zero attached hydrogens (tertiary/aromatic N) is 1. The molecule has 21 heavy (non-hydrogen) atoms.